The molecule has 0 amide bonds. The van der Waals surface area contributed by atoms with E-state index < -0.39 is 11.9 Å². The minimum atomic E-state index is -0.521. The highest BCUT2D eigenvalue weighted by molar-refractivity contribution is 6.02. The zero-order valence-corrected chi connectivity index (χ0v) is 15.6. The minimum Gasteiger partial charge on any atom is -0.462 e. The Kier molecular flexibility index (Phi) is 10.2. The number of hydrogen-bond acceptors (Lipinski definition) is 6. The number of rotatable bonds is 0. The molecule has 0 saturated heterocycles. The van der Waals surface area contributed by atoms with Gasteiger partial charge in [0.15, 0.2) is 11.6 Å². The first-order valence-electron chi connectivity index (χ1n) is 9.14. The van der Waals surface area contributed by atoms with Gasteiger partial charge >= 0.3 is 11.9 Å². The van der Waals surface area contributed by atoms with E-state index in [0.29, 0.717) is 25.7 Å². The Balaban J connectivity index is 2.62. The summed E-state index contributed by atoms with van der Waals surface area (Å²) in [6.07, 6.45) is 9.11. The third-order valence-corrected chi connectivity index (χ3v) is 3.87. The third kappa shape index (κ3) is 10.6. The summed E-state index contributed by atoms with van der Waals surface area (Å²) in [4.78, 5) is 46.9. The van der Waals surface area contributed by atoms with Crippen molar-refractivity contribution < 1.29 is 28.7 Å². The van der Waals surface area contributed by atoms with Gasteiger partial charge in [-0.1, -0.05) is 12.2 Å². The molecule has 1 aliphatic rings. The maximum atomic E-state index is 11.7. The lowest BCUT2D eigenvalue weighted by atomic mass is 10.1. The molecular weight excluding hydrogens is 336 g/mol. The number of carbonyl (C=O) groups is 4. The summed E-state index contributed by atoms with van der Waals surface area (Å²) < 4.78 is 10.4. The first-order valence-corrected chi connectivity index (χ1v) is 9.14. The molecule has 0 saturated carbocycles. The Labute approximate surface area is 154 Å². The topological polar surface area (TPSA) is 86.7 Å². The van der Waals surface area contributed by atoms with Crippen molar-refractivity contribution >= 4 is 23.5 Å². The molecule has 0 fully saturated rings. The molecule has 1 rings (SSSR count). The molecule has 0 radical (unpaired) electrons. The van der Waals surface area contributed by atoms with Crippen LogP contribution in [0.5, 0.6) is 0 Å². The highest BCUT2D eigenvalue weighted by atomic mass is 16.5. The van der Waals surface area contributed by atoms with Crippen LogP contribution < -0.4 is 0 Å². The molecule has 0 aromatic rings. The van der Waals surface area contributed by atoms with Crippen LogP contribution in [0, 0.1) is 0 Å². The highest BCUT2D eigenvalue weighted by Crippen LogP contribution is 2.09. The zero-order valence-electron chi connectivity index (χ0n) is 15.6. The van der Waals surface area contributed by atoms with Crippen LogP contribution in [0.25, 0.3) is 0 Å². The lowest BCUT2D eigenvalue weighted by Gasteiger charge is -2.12. The number of cyclic esters (lactones) is 2. The van der Waals surface area contributed by atoms with Crippen molar-refractivity contribution in [2.24, 2.45) is 0 Å². The van der Waals surface area contributed by atoms with E-state index >= 15 is 0 Å². The van der Waals surface area contributed by atoms with Crippen molar-refractivity contribution in [3.05, 3.63) is 24.3 Å². The van der Waals surface area contributed by atoms with Crippen molar-refractivity contribution in [2.45, 2.75) is 77.4 Å². The number of ether oxygens (including phenoxy) is 2. The average Bonchev–Trinajstić information content (AvgIpc) is 2.52. The molecule has 0 unspecified atom stereocenters. The summed E-state index contributed by atoms with van der Waals surface area (Å²) >= 11 is 0. The van der Waals surface area contributed by atoms with Gasteiger partial charge in [-0.2, -0.15) is 0 Å². The maximum Gasteiger partial charge on any atom is 0.313 e. The van der Waals surface area contributed by atoms with Gasteiger partial charge in [0.2, 0.25) is 0 Å². The monoisotopic (exact) mass is 364 g/mol. The van der Waals surface area contributed by atoms with Gasteiger partial charge < -0.3 is 9.47 Å². The maximum absolute atomic E-state index is 11.7. The zero-order chi connectivity index (χ0) is 19.4. The predicted molar refractivity (Wildman–Crippen MR) is 96.3 cm³/mol. The molecule has 0 bridgehead atoms. The summed E-state index contributed by atoms with van der Waals surface area (Å²) in [6.45, 7) is 3.55. The minimum absolute atomic E-state index is 0.261. The smallest absolute Gasteiger partial charge is 0.313 e. The Hall–Kier alpha value is -2.24. The van der Waals surface area contributed by atoms with Gasteiger partial charge in [0.25, 0.3) is 0 Å². The standard InChI is InChI=1S/C20H28O6/c1-15-9-5-3-7-11-18(22)14-20(24)26-16(2)10-6-4-8-12-17(21)13-19(23)25-15/h7-8,11-12,15-16H,3-6,9-10,13-14H2,1-2H3/b11-7+,12-8+/t15-,16-/m1/s1. The number of allylic oxidation sites excluding steroid dienone is 4. The van der Waals surface area contributed by atoms with Crippen LogP contribution >= 0.6 is 0 Å². The molecule has 0 aliphatic carbocycles. The van der Waals surface area contributed by atoms with E-state index in [4.69, 9.17) is 9.47 Å². The van der Waals surface area contributed by atoms with Crippen molar-refractivity contribution in [1.29, 1.82) is 0 Å². The van der Waals surface area contributed by atoms with Crippen molar-refractivity contribution in [2.75, 3.05) is 0 Å². The summed E-state index contributed by atoms with van der Waals surface area (Å²) in [5.74, 6) is -1.60. The van der Waals surface area contributed by atoms with Crippen LogP contribution in [0.1, 0.15) is 65.2 Å². The predicted octanol–water partition coefficient (Wildman–Crippen LogP) is 3.23. The van der Waals surface area contributed by atoms with E-state index in [9.17, 15) is 19.2 Å². The second kappa shape index (κ2) is 12.2. The van der Waals surface area contributed by atoms with Crippen LogP contribution in [0.2, 0.25) is 0 Å². The van der Waals surface area contributed by atoms with Crippen LogP contribution in [0.4, 0.5) is 0 Å². The second-order valence-corrected chi connectivity index (χ2v) is 6.55. The number of ketones is 2. The fraction of sp³-hybridized carbons (Fsp3) is 0.600. The largest absolute Gasteiger partial charge is 0.462 e. The van der Waals surface area contributed by atoms with Crippen LogP contribution in [0.3, 0.4) is 0 Å². The average molecular weight is 364 g/mol. The summed E-state index contributed by atoms with van der Waals surface area (Å²) in [5.41, 5.74) is 0. The normalized spacial score (nSPS) is 27.9. The van der Waals surface area contributed by atoms with E-state index in [0.717, 1.165) is 12.8 Å². The fourth-order valence-electron chi connectivity index (χ4n) is 2.53. The Bertz CT molecular complexity index is 511. The van der Waals surface area contributed by atoms with E-state index in [1.165, 1.54) is 12.2 Å². The summed E-state index contributed by atoms with van der Waals surface area (Å²) in [5, 5.41) is 0. The van der Waals surface area contributed by atoms with E-state index in [-0.39, 0.29) is 36.6 Å². The van der Waals surface area contributed by atoms with Crippen molar-refractivity contribution in [1.82, 2.24) is 0 Å². The van der Waals surface area contributed by atoms with Gasteiger partial charge in [0.1, 0.15) is 12.8 Å². The fourth-order valence-corrected chi connectivity index (χ4v) is 2.53. The highest BCUT2D eigenvalue weighted by Gasteiger charge is 2.14. The third-order valence-electron chi connectivity index (χ3n) is 3.87. The second-order valence-electron chi connectivity index (χ2n) is 6.55. The quantitative estimate of drug-likeness (QED) is 0.484. The molecule has 0 N–H and O–H groups in total. The first-order chi connectivity index (χ1) is 12.4. The summed E-state index contributed by atoms with van der Waals surface area (Å²) in [7, 11) is 0. The van der Waals surface area contributed by atoms with Crippen LogP contribution in [0.15, 0.2) is 24.3 Å². The van der Waals surface area contributed by atoms with E-state index in [1.807, 2.05) is 0 Å². The van der Waals surface area contributed by atoms with Gasteiger partial charge in [-0.25, -0.2) is 0 Å². The Morgan fingerprint density at radius 3 is 1.50 bits per heavy atom. The SMILES string of the molecule is C[C@@H]1CCC/C=C/C(=O)CC(=O)O[C@H](C)CCC/C=C/C(=O)CC(=O)O1. The van der Waals surface area contributed by atoms with Gasteiger partial charge in [-0.05, 0) is 64.5 Å². The van der Waals surface area contributed by atoms with Gasteiger partial charge in [0.05, 0.1) is 12.2 Å². The van der Waals surface area contributed by atoms with Crippen molar-refractivity contribution in [3.63, 3.8) is 0 Å². The van der Waals surface area contributed by atoms with E-state index in [1.54, 1.807) is 26.0 Å². The summed E-state index contributed by atoms with van der Waals surface area (Å²) in [6, 6.07) is 0. The van der Waals surface area contributed by atoms with Crippen LogP contribution in [-0.4, -0.2) is 35.7 Å². The molecular formula is C20H28O6. The lowest BCUT2D eigenvalue weighted by Crippen LogP contribution is -2.17. The molecule has 0 spiro atoms. The van der Waals surface area contributed by atoms with Gasteiger partial charge in [-0.3, -0.25) is 19.2 Å². The van der Waals surface area contributed by atoms with E-state index in [2.05, 4.69) is 0 Å². The van der Waals surface area contributed by atoms with Gasteiger partial charge in [-0.15, -0.1) is 0 Å². The van der Waals surface area contributed by atoms with Crippen LogP contribution in [-0.2, 0) is 28.7 Å². The molecule has 0 aromatic carbocycles. The molecule has 2 atom stereocenters. The van der Waals surface area contributed by atoms with Crippen molar-refractivity contribution in [3.8, 4) is 0 Å². The first kappa shape index (κ1) is 21.8. The van der Waals surface area contributed by atoms with Gasteiger partial charge in [0, 0.05) is 0 Å². The Morgan fingerprint density at radius 1 is 0.731 bits per heavy atom. The number of esters is 2. The molecule has 6 heteroatoms. The molecule has 144 valence electrons. The Morgan fingerprint density at radius 2 is 1.12 bits per heavy atom. The number of hydrogen-bond donors (Lipinski definition) is 0. The molecule has 6 nitrogen and oxygen atoms in total. The molecule has 0 aromatic heterocycles. The molecule has 1 heterocycles. The lowest BCUT2D eigenvalue weighted by molar-refractivity contribution is -0.151. The molecule has 1 aliphatic heterocycles. The molecule has 26 heavy (non-hydrogen) atoms. The number of carbonyl (C=O) groups excluding carboxylic acids is 4.